The molecule has 12 atom stereocenters. The number of aliphatic carboxylic acids is 2. The highest BCUT2D eigenvalue weighted by atomic mass is 16.4. The quantitative estimate of drug-likeness (QED) is 0.0166. The van der Waals surface area contributed by atoms with E-state index in [0.29, 0.717) is 5.69 Å². The maximum absolute atomic E-state index is 14.5. The number of aromatic amines is 1. The van der Waals surface area contributed by atoms with Gasteiger partial charge in [-0.2, -0.15) is 0 Å². The fourth-order valence-electron chi connectivity index (χ4n) is 9.39. The molecule has 0 bridgehead atoms. The first-order valence-electron chi connectivity index (χ1n) is 31.5. The molecule has 35 heteroatoms. The second-order valence-electron chi connectivity index (χ2n) is 25.2. The van der Waals surface area contributed by atoms with Crippen LogP contribution in [-0.2, 0) is 64.0 Å². The van der Waals surface area contributed by atoms with Crippen molar-refractivity contribution in [3.63, 3.8) is 0 Å². The van der Waals surface area contributed by atoms with E-state index >= 15 is 0 Å². The summed E-state index contributed by atoms with van der Waals surface area (Å²) < 4.78 is 0. The maximum Gasteiger partial charge on any atom is 0.326 e. The number of hydrogen-bond acceptors (Lipinski definition) is 18. The molecule has 0 saturated heterocycles. The van der Waals surface area contributed by atoms with Gasteiger partial charge in [-0.1, -0.05) is 69.2 Å². The molecule has 0 spiro atoms. The van der Waals surface area contributed by atoms with Crippen molar-refractivity contribution in [3.05, 3.63) is 18.2 Å². The third-order valence-corrected chi connectivity index (χ3v) is 14.2. The molecule has 35 nitrogen and oxygen atoms in total. The minimum absolute atomic E-state index is 0.00288. The molecule has 532 valence electrons. The summed E-state index contributed by atoms with van der Waals surface area (Å²) in [6.07, 6.45) is 0.295. The standard InChI is InChI=1S/C59H105N19O16/c1-28(2)20-38(50(86)70-37(57(93)94)15-13-19-67-59(63)64)71-48(84)36(14-12-18-66-58(61)62)69-49(85)39(21-29(3)4)74-55(91)45(32(9)10)77-53(89)41(23-31(7)8)72-52(88)42(24-34-25-65-27-68-34)73-51(87)40(22-30(5)6)75-56(92)46(33(11)80)78-54(90)43(26-79)76-47(83)35(60)16-17-44(81)82/h25,27-33,35-43,45-46,79-80H,12-24,26,60H2,1-11H3,(H,65,68)(H,69,85)(H,70,86)(H,71,84)(H,72,88)(H,73,87)(H,74,91)(H,75,92)(H,76,83)(H,77,89)(H,78,90)(H,81,82)(H,93,94)(H4,61,62,66)(H4,63,64,67). The second-order valence-corrected chi connectivity index (χ2v) is 25.2. The van der Waals surface area contributed by atoms with Crippen LogP contribution in [0.4, 0.5) is 0 Å². The zero-order chi connectivity index (χ0) is 71.7. The topological polar surface area (TPSA) is 590 Å². The Morgan fingerprint density at radius 1 is 0.468 bits per heavy atom. The molecule has 94 heavy (non-hydrogen) atoms. The van der Waals surface area contributed by atoms with Gasteiger partial charge in [-0.3, -0.25) is 62.7 Å². The van der Waals surface area contributed by atoms with Crippen molar-refractivity contribution in [2.75, 3.05) is 19.7 Å². The van der Waals surface area contributed by atoms with E-state index in [9.17, 15) is 72.9 Å². The number of rotatable bonds is 45. The minimum atomic E-state index is -1.79. The number of imidazole rings is 1. The van der Waals surface area contributed by atoms with Gasteiger partial charge in [-0.05, 0) is 94.3 Å². The van der Waals surface area contributed by atoms with Gasteiger partial charge in [-0.15, -0.1) is 0 Å². The Labute approximate surface area is 547 Å². The molecule has 0 aromatic carbocycles. The number of carbonyl (C=O) groups is 12. The molecule has 1 heterocycles. The first-order chi connectivity index (χ1) is 43.9. The zero-order valence-corrected chi connectivity index (χ0v) is 55.8. The molecular weight excluding hydrogens is 1230 g/mol. The molecule has 0 fully saturated rings. The highest BCUT2D eigenvalue weighted by Crippen LogP contribution is 2.15. The van der Waals surface area contributed by atoms with E-state index < -0.39 is 163 Å². The summed E-state index contributed by atoms with van der Waals surface area (Å²) in [5.74, 6) is -13.8. The van der Waals surface area contributed by atoms with E-state index in [2.05, 4.69) is 73.1 Å². The number of aliphatic imine (C=N–C) groups is 2. The first-order valence-corrected chi connectivity index (χ1v) is 31.5. The third-order valence-electron chi connectivity index (χ3n) is 14.2. The molecule has 10 amide bonds. The third kappa shape index (κ3) is 32.7. The second kappa shape index (κ2) is 42.5. The maximum atomic E-state index is 14.5. The van der Waals surface area contributed by atoms with Crippen LogP contribution in [0.25, 0.3) is 0 Å². The number of nitrogens with zero attached hydrogens (tertiary/aromatic N) is 3. The molecule has 0 aliphatic heterocycles. The van der Waals surface area contributed by atoms with Crippen molar-refractivity contribution in [2.24, 2.45) is 68.2 Å². The summed E-state index contributed by atoms with van der Waals surface area (Å²) in [6, 6.07) is -15.9. The van der Waals surface area contributed by atoms with Crippen molar-refractivity contribution in [1.29, 1.82) is 0 Å². The number of carboxylic acids is 2. The van der Waals surface area contributed by atoms with Crippen molar-refractivity contribution in [3.8, 4) is 0 Å². The van der Waals surface area contributed by atoms with E-state index in [4.69, 9.17) is 33.8 Å². The SMILES string of the molecule is CC(C)CC(NC(=O)C(CCCN=C(N)N)NC(=O)C(CC(C)C)NC(=O)C(NC(=O)C(CC(C)C)NC(=O)C(Cc1cnc[nH]1)NC(=O)C(CC(C)C)NC(=O)C(NC(=O)C(CO)NC(=O)C(N)CCC(=O)O)C(C)O)C(C)C)C(=O)NC(CCCN=C(N)N)C(=O)O. The fraction of sp³-hybridized carbons (Fsp3) is 0.712. The Morgan fingerprint density at radius 2 is 0.819 bits per heavy atom. The number of aliphatic hydroxyl groups excluding tert-OH is 2. The number of hydrogen-bond donors (Lipinski definition) is 20. The Bertz CT molecular complexity index is 2700. The minimum Gasteiger partial charge on any atom is -0.481 e. The summed E-state index contributed by atoms with van der Waals surface area (Å²) in [4.78, 5) is 178. The molecule has 0 radical (unpaired) electrons. The lowest BCUT2D eigenvalue weighted by Gasteiger charge is -2.30. The van der Waals surface area contributed by atoms with Gasteiger partial charge in [0, 0.05) is 37.8 Å². The van der Waals surface area contributed by atoms with Gasteiger partial charge < -0.3 is 107 Å². The molecule has 0 aliphatic carbocycles. The molecule has 1 aromatic heterocycles. The average molecular weight is 1340 g/mol. The van der Waals surface area contributed by atoms with E-state index in [1.165, 1.54) is 12.5 Å². The zero-order valence-electron chi connectivity index (χ0n) is 55.8. The Morgan fingerprint density at radius 3 is 1.20 bits per heavy atom. The smallest absolute Gasteiger partial charge is 0.326 e. The van der Waals surface area contributed by atoms with Gasteiger partial charge >= 0.3 is 11.9 Å². The number of nitrogens with one attached hydrogen (secondary N) is 11. The summed E-state index contributed by atoms with van der Waals surface area (Å²) in [6.45, 7) is 17.6. The molecule has 1 rings (SSSR count). The monoisotopic (exact) mass is 1340 g/mol. The van der Waals surface area contributed by atoms with Crippen molar-refractivity contribution >= 4 is 82.9 Å². The number of guanidine groups is 2. The number of aromatic nitrogens is 2. The first kappa shape index (κ1) is 83.3. The van der Waals surface area contributed by atoms with Crippen LogP contribution in [0.2, 0.25) is 0 Å². The summed E-state index contributed by atoms with van der Waals surface area (Å²) >= 11 is 0. The molecule has 1 aromatic rings. The van der Waals surface area contributed by atoms with Crippen LogP contribution in [-0.4, -0.2) is 206 Å². The molecule has 0 saturated carbocycles. The summed E-state index contributed by atoms with van der Waals surface area (Å²) in [5.41, 5.74) is 27.9. The van der Waals surface area contributed by atoms with Crippen LogP contribution in [0.5, 0.6) is 0 Å². The number of carboxylic acid groups (broad SMARTS) is 2. The van der Waals surface area contributed by atoms with E-state index in [1.807, 2.05) is 0 Å². The van der Waals surface area contributed by atoms with Gasteiger partial charge in [0.25, 0.3) is 0 Å². The molecular formula is C59H105N19O16. The van der Waals surface area contributed by atoms with Gasteiger partial charge in [0.05, 0.1) is 25.1 Å². The normalized spacial score (nSPS) is 15.2. The molecule has 12 unspecified atom stereocenters. The lowest BCUT2D eigenvalue weighted by atomic mass is 9.97. The van der Waals surface area contributed by atoms with Crippen LogP contribution in [0, 0.1) is 29.6 Å². The Balaban J connectivity index is 3.59. The number of amides is 10. The van der Waals surface area contributed by atoms with Gasteiger partial charge in [0.15, 0.2) is 11.9 Å². The van der Waals surface area contributed by atoms with Crippen LogP contribution < -0.4 is 81.8 Å². The fourth-order valence-corrected chi connectivity index (χ4v) is 9.39. The van der Waals surface area contributed by atoms with Crippen LogP contribution in [0.15, 0.2) is 22.5 Å². The highest BCUT2D eigenvalue weighted by molar-refractivity contribution is 5.99. The lowest BCUT2D eigenvalue weighted by molar-refractivity contribution is -0.142. The highest BCUT2D eigenvalue weighted by Gasteiger charge is 2.38. The number of nitrogens with two attached hydrogens (primary N) is 5. The van der Waals surface area contributed by atoms with E-state index in [0.717, 1.165) is 6.92 Å². The van der Waals surface area contributed by atoms with Crippen molar-refractivity contribution < 1.29 is 78.0 Å². The largest absolute Gasteiger partial charge is 0.481 e. The van der Waals surface area contributed by atoms with Crippen LogP contribution >= 0.6 is 0 Å². The Hall–Kier alpha value is -8.73. The number of H-pyrrole nitrogens is 1. The van der Waals surface area contributed by atoms with Gasteiger partial charge in [0.1, 0.15) is 60.4 Å². The predicted octanol–water partition coefficient (Wildman–Crippen LogP) is -4.60. The lowest BCUT2D eigenvalue weighted by Crippen LogP contribution is -2.62. The molecule has 0 aliphatic rings. The number of aliphatic hydroxyl groups is 2. The van der Waals surface area contributed by atoms with Crippen LogP contribution in [0.3, 0.4) is 0 Å². The van der Waals surface area contributed by atoms with E-state index in [-0.39, 0.29) is 113 Å². The number of carbonyl (C=O) groups excluding carboxylic acids is 10. The van der Waals surface area contributed by atoms with Crippen molar-refractivity contribution in [1.82, 2.24) is 63.1 Å². The summed E-state index contributed by atoms with van der Waals surface area (Å²) in [7, 11) is 0. The summed E-state index contributed by atoms with van der Waals surface area (Å²) in [5, 5.41) is 65.1. The average Bonchev–Trinajstić information content (AvgIpc) is 1.07. The van der Waals surface area contributed by atoms with Gasteiger partial charge in [0.2, 0.25) is 59.1 Å². The van der Waals surface area contributed by atoms with E-state index in [1.54, 1.807) is 69.2 Å². The predicted molar refractivity (Wildman–Crippen MR) is 345 cm³/mol. The Kier molecular flexibility index (Phi) is 37.6. The van der Waals surface area contributed by atoms with Crippen molar-refractivity contribution in [2.45, 2.75) is 219 Å². The van der Waals surface area contributed by atoms with Crippen LogP contribution in [0.1, 0.15) is 146 Å². The van der Waals surface area contributed by atoms with Gasteiger partial charge in [-0.25, -0.2) is 9.78 Å². The molecule has 25 N–H and O–H groups in total.